The Bertz CT molecular complexity index is 1730. The molecule has 0 aliphatic rings. The number of pyridine rings is 2. The lowest BCUT2D eigenvalue weighted by molar-refractivity contribution is 0.103. The van der Waals surface area contributed by atoms with E-state index in [4.69, 9.17) is 0 Å². The second kappa shape index (κ2) is 9.83. The molecule has 7 nitrogen and oxygen atoms in total. The number of hydrogen-bond acceptors (Lipinski definition) is 6. The first-order chi connectivity index (χ1) is 17.8. The number of aromatic amines is 1. The smallest absolute Gasteiger partial charge is 0.232 e. The molecule has 5 rings (SSSR count). The lowest BCUT2D eigenvalue weighted by atomic mass is 10.0. The van der Waals surface area contributed by atoms with E-state index in [0.29, 0.717) is 17.5 Å². The van der Waals surface area contributed by atoms with Crippen LogP contribution < -0.4 is 4.72 Å². The molecule has 5 aromatic rings. The van der Waals surface area contributed by atoms with Gasteiger partial charge in [-0.25, -0.2) is 22.2 Å². The molecular weight excluding hydrogens is 518 g/mol. The number of nitrogens with zero attached hydrogens (tertiary/aromatic N) is 2. The van der Waals surface area contributed by atoms with E-state index in [0.717, 1.165) is 33.0 Å². The number of nitrogens with one attached hydrogen (secondary N) is 2. The Morgan fingerprint density at radius 3 is 2.59 bits per heavy atom. The Hall–Kier alpha value is -3.96. The van der Waals surface area contributed by atoms with Crippen LogP contribution in [0.15, 0.2) is 67.3 Å². The number of fused-ring (bicyclic) bond motifs is 1. The van der Waals surface area contributed by atoms with Crippen molar-refractivity contribution in [1.82, 2.24) is 15.0 Å². The van der Waals surface area contributed by atoms with Crippen molar-refractivity contribution in [2.45, 2.75) is 13.3 Å². The fourth-order valence-electron chi connectivity index (χ4n) is 3.94. The molecule has 0 bridgehead atoms. The van der Waals surface area contributed by atoms with Crippen molar-refractivity contribution in [3.8, 4) is 20.9 Å². The third kappa shape index (κ3) is 4.87. The van der Waals surface area contributed by atoms with Crippen molar-refractivity contribution in [2.24, 2.45) is 0 Å². The zero-order valence-electron chi connectivity index (χ0n) is 19.5. The monoisotopic (exact) mass is 538 g/mol. The van der Waals surface area contributed by atoms with E-state index >= 15 is 4.39 Å². The number of H-pyrrole nitrogens is 1. The fraction of sp³-hybridized carbons (Fsp3) is 0.115. The van der Waals surface area contributed by atoms with Crippen molar-refractivity contribution >= 4 is 43.9 Å². The SMILES string of the molecule is CCCS(=O)(=O)Nc1ccc(F)c(C(=O)c2c[nH]c3ncc(-c4ccc(-c5cccnc5)s4)cc23)c1F. The van der Waals surface area contributed by atoms with Crippen molar-refractivity contribution in [3.05, 3.63) is 90.0 Å². The van der Waals surface area contributed by atoms with Crippen LogP contribution in [0.2, 0.25) is 0 Å². The molecule has 0 spiro atoms. The molecule has 188 valence electrons. The van der Waals surface area contributed by atoms with Gasteiger partial charge in [0, 0.05) is 56.6 Å². The van der Waals surface area contributed by atoms with Crippen LogP contribution in [-0.4, -0.2) is 34.9 Å². The maximum absolute atomic E-state index is 15.2. The summed E-state index contributed by atoms with van der Waals surface area (Å²) >= 11 is 1.52. The van der Waals surface area contributed by atoms with E-state index in [2.05, 4.69) is 19.7 Å². The standard InChI is InChI=1S/C26H20F2N4O3S2/c1-2-10-37(34,35)32-20-6-5-19(27)23(24(20)28)25(33)18-14-31-26-17(18)11-16(13-30-26)22-8-7-21(36-22)15-4-3-9-29-12-15/h3-9,11-14,32H,2,10H2,1H3,(H,30,31). The lowest BCUT2D eigenvalue weighted by Crippen LogP contribution is -2.18. The van der Waals surface area contributed by atoms with E-state index in [1.54, 1.807) is 31.6 Å². The summed E-state index contributed by atoms with van der Waals surface area (Å²) in [5.74, 6) is -3.55. The van der Waals surface area contributed by atoms with E-state index in [-0.39, 0.29) is 11.3 Å². The van der Waals surface area contributed by atoms with Crippen molar-refractivity contribution in [3.63, 3.8) is 0 Å². The summed E-state index contributed by atoms with van der Waals surface area (Å²) in [4.78, 5) is 26.6. The molecule has 2 N–H and O–H groups in total. The first-order valence-electron chi connectivity index (χ1n) is 11.3. The third-order valence-electron chi connectivity index (χ3n) is 5.67. The van der Waals surface area contributed by atoms with E-state index in [9.17, 15) is 17.6 Å². The second-order valence-electron chi connectivity index (χ2n) is 8.26. The minimum atomic E-state index is -3.85. The van der Waals surface area contributed by atoms with Crippen LogP contribution in [0.5, 0.6) is 0 Å². The summed E-state index contributed by atoms with van der Waals surface area (Å²) in [7, 11) is -3.85. The summed E-state index contributed by atoms with van der Waals surface area (Å²) in [6.45, 7) is 1.66. The van der Waals surface area contributed by atoms with Crippen LogP contribution in [0.4, 0.5) is 14.5 Å². The van der Waals surface area contributed by atoms with Crippen molar-refractivity contribution < 1.29 is 22.0 Å². The molecule has 4 aromatic heterocycles. The molecule has 0 aliphatic heterocycles. The quantitative estimate of drug-likeness (QED) is 0.235. The minimum Gasteiger partial charge on any atom is -0.345 e. The third-order valence-corrected chi connectivity index (χ3v) is 8.33. The highest BCUT2D eigenvalue weighted by Gasteiger charge is 2.26. The minimum absolute atomic E-state index is 0.0137. The van der Waals surface area contributed by atoms with Gasteiger partial charge < -0.3 is 4.98 Å². The zero-order valence-corrected chi connectivity index (χ0v) is 21.1. The van der Waals surface area contributed by atoms with Crippen molar-refractivity contribution in [2.75, 3.05) is 10.5 Å². The molecule has 0 saturated heterocycles. The summed E-state index contributed by atoms with van der Waals surface area (Å²) in [6, 6.07) is 11.2. The molecule has 11 heteroatoms. The van der Waals surface area contributed by atoms with E-state index < -0.39 is 38.7 Å². The first kappa shape index (κ1) is 24.7. The van der Waals surface area contributed by atoms with Gasteiger partial charge in [0.2, 0.25) is 15.8 Å². The lowest BCUT2D eigenvalue weighted by Gasteiger charge is -2.11. The summed E-state index contributed by atoms with van der Waals surface area (Å²) in [6.07, 6.45) is 6.76. The molecular formula is C26H20F2N4O3S2. The number of thiophene rings is 1. The van der Waals surface area contributed by atoms with Crippen LogP contribution in [0.1, 0.15) is 29.3 Å². The number of ketones is 1. The molecule has 0 aliphatic carbocycles. The number of sulfonamides is 1. The van der Waals surface area contributed by atoms with Crippen LogP contribution in [0.3, 0.4) is 0 Å². The van der Waals surface area contributed by atoms with Gasteiger partial charge in [0.25, 0.3) is 0 Å². The van der Waals surface area contributed by atoms with Gasteiger partial charge in [-0.2, -0.15) is 0 Å². The molecule has 0 saturated carbocycles. The maximum atomic E-state index is 15.2. The van der Waals surface area contributed by atoms with Crippen molar-refractivity contribution in [1.29, 1.82) is 0 Å². The predicted molar refractivity (Wildman–Crippen MR) is 140 cm³/mol. The second-order valence-corrected chi connectivity index (χ2v) is 11.2. The number of halogens is 2. The Labute approximate surface area is 215 Å². The average Bonchev–Trinajstić information content (AvgIpc) is 3.53. The average molecular weight is 539 g/mol. The number of benzene rings is 1. The number of aromatic nitrogens is 3. The van der Waals surface area contributed by atoms with E-state index in [1.807, 2.05) is 24.3 Å². The molecule has 0 radical (unpaired) electrons. The van der Waals surface area contributed by atoms with E-state index in [1.165, 1.54) is 17.5 Å². The highest BCUT2D eigenvalue weighted by Crippen LogP contribution is 2.36. The van der Waals surface area contributed by atoms with Gasteiger partial charge in [-0.3, -0.25) is 14.5 Å². The Morgan fingerprint density at radius 1 is 1.08 bits per heavy atom. The van der Waals surface area contributed by atoms with Gasteiger partial charge >= 0.3 is 0 Å². The van der Waals surface area contributed by atoms with Gasteiger partial charge in [0.1, 0.15) is 11.5 Å². The first-order valence-corrected chi connectivity index (χ1v) is 13.7. The predicted octanol–water partition coefficient (Wildman–Crippen LogP) is 6.01. The van der Waals surface area contributed by atoms with Crippen LogP contribution in [0, 0.1) is 11.6 Å². The Balaban J connectivity index is 1.53. The van der Waals surface area contributed by atoms with Gasteiger partial charge in [-0.1, -0.05) is 13.0 Å². The topological polar surface area (TPSA) is 105 Å². The number of carbonyl (C=O) groups excluding carboxylic acids is 1. The summed E-state index contributed by atoms with van der Waals surface area (Å²) in [5, 5.41) is 0.384. The molecule has 37 heavy (non-hydrogen) atoms. The fourth-order valence-corrected chi connectivity index (χ4v) is 6.05. The number of carbonyl (C=O) groups is 1. The largest absolute Gasteiger partial charge is 0.345 e. The molecule has 0 unspecified atom stereocenters. The molecule has 4 heterocycles. The number of rotatable bonds is 8. The van der Waals surface area contributed by atoms with Crippen LogP contribution in [0.25, 0.3) is 31.9 Å². The van der Waals surface area contributed by atoms with Gasteiger partial charge in [0.05, 0.1) is 17.0 Å². The highest BCUT2D eigenvalue weighted by molar-refractivity contribution is 7.92. The number of hydrogen-bond donors (Lipinski definition) is 2. The van der Waals surface area contributed by atoms with Gasteiger partial charge in [-0.05, 0) is 42.8 Å². The van der Waals surface area contributed by atoms with Gasteiger partial charge in [-0.15, -0.1) is 11.3 Å². The molecule has 0 amide bonds. The zero-order chi connectivity index (χ0) is 26.2. The Morgan fingerprint density at radius 2 is 1.86 bits per heavy atom. The highest BCUT2D eigenvalue weighted by atomic mass is 32.2. The van der Waals surface area contributed by atoms with Gasteiger partial charge in [0.15, 0.2) is 5.82 Å². The molecule has 0 fully saturated rings. The normalized spacial score (nSPS) is 11.6. The summed E-state index contributed by atoms with van der Waals surface area (Å²) < 4.78 is 56.3. The van der Waals surface area contributed by atoms with Crippen LogP contribution in [-0.2, 0) is 10.0 Å². The number of anilines is 1. The molecule has 1 aromatic carbocycles. The van der Waals surface area contributed by atoms with Crippen LogP contribution >= 0.6 is 11.3 Å². The Kier molecular flexibility index (Phi) is 6.57. The summed E-state index contributed by atoms with van der Waals surface area (Å²) in [5.41, 5.74) is 0.738. The maximum Gasteiger partial charge on any atom is 0.232 e. The molecule has 0 atom stereocenters.